The maximum absolute atomic E-state index is 15.1. The summed E-state index contributed by atoms with van der Waals surface area (Å²) >= 11 is 0. The van der Waals surface area contributed by atoms with E-state index in [-0.39, 0.29) is 11.4 Å². The van der Waals surface area contributed by atoms with Crippen LogP contribution in [0.1, 0.15) is 75.8 Å². The summed E-state index contributed by atoms with van der Waals surface area (Å²) in [6, 6.07) is 15.9. The Morgan fingerprint density at radius 3 is 2.09 bits per heavy atom. The van der Waals surface area contributed by atoms with Crippen molar-refractivity contribution < 1.29 is 13.2 Å². The molecule has 0 atom stereocenters. The quantitative estimate of drug-likeness (QED) is 0.284. The minimum Gasteiger partial charge on any atom is -0.206 e. The molecule has 1 saturated carbocycles. The van der Waals surface area contributed by atoms with Crippen molar-refractivity contribution in [2.75, 3.05) is 0 Å². The second kappa shape index (κ2) is 11.7. The molecule has 1 aliphatic rings. The second-order valence-corrected chi connectivity index (χ2v) is 9.83. The van der Waals surface area contributed by atoms with E-state index in [1.165, 1.54) is 19.3 Å². The highest BCUT2D eigenvalue weighted by Gasteiger charge is 2.23. The summed E-state index contributed by atoms with van der Waals surface area (Å²) in [6.45, 7) is 4.00. The third-order valence-electron chi connectivity index (χ3n) is 7.48. The summed E-state index contributed by atoms with van der Waals surface area (Å²) in [4.78, 5) is 0. The highest BCUT2D eigenvalue weighted by molar-refractivity contribution is 5.71. The number of rotatable bonds is 8. The topological polar surface area (TPSA) is 0 Å². The largest absolute Gasteiger partial charge is 0.206 e. The Labute approximate surface area is 207 Å². The van der Waals surface area contributed by atoms with Crippen LogP contribution in [0.25, 0.3) is 22.3 Å². The summed E-state index contributed by atoms with van der Waals surface area (Å²) in [5, 5.41) is 0. The van der Waals surface area contributed by atoms with Crippen molar-refractivity contribution in [2.45, 2.75) is 71.1 Å². The van der Waals surface area contributed by atoms with Crippen LogP contribution in [0.15, 0.2) is 66.7 Å². The molecule has 0 N–H and O–H groups in total. The molecular formula is C32H35F3. The number of hydrogen-bond donors (Lipinski definition) is 0. The van der Waals surface area contributed by atoms with Gasteiger partial charge in [0.1, 0.15) is 5.82 Å². The van der Waals surface area contributed by atoms with Gasteiger partial charge in [-0.3, -0.25) is 0 Å². The Kier molecular flexibility index (Phi) is 8.49. The van der Waals surface area contributed by atoms with Gasteiger partial charge in [-0.1, -0.05) is 74.0 Å². The molecule has 0 aliphatic heterocycles. The van der Waals surface area contributed by atoms with Crippen molar-refractivity contribution in [2.24, 2.45) is 5.92 Å². The van der Waals surface area contributed by atoms with Gasteiger partial charge in [-0.15, -0.1) is 0 Å². The third-order valence-corrected chi connectivity index (χ3v) is 7.48. The first kappa shape index (κ1) is 25.3. The van der Waals surface area contributed by atoms with E-state index in [0.29, 0.717) is 29.0 Å². The fraction of sp³-hybridized carbons (Fsp3) is 0.375. The van der Waals surface area contributed by atoms with Crippen LogP contribution in [-0.2, 0) is 6.42 Å². The summed E-state index contributed by atoms with van der Waals surface area (Å²) in [6.07, 6.45) is 12.7. The molecule has 0 bridgehead atoms. The monoisotopic (exact) mass is 476 g/mol. The van der Waals surface area contributed by atoms with E-state index in [1.807, 2.05) is 13.0 Å². The van der Waals surface area contributed by atoms with E-state index < -0.39 is 11.6 Å². The molecule has 1 aliphatic carbocycles. The minimum atomic E-state index is -0.823. The molecule has 0 heterocycles. The van der Waals surface area contributed by atoms with Gasteiger partial charge in [0.15, 0.2) is 11.6 Å². The van der Waals surface area contributed by atoms with E-state index in [4.69, 9.17) is 0 Å². The van der Waals surface area contributed by atoms with Crippen molar-refractivity contribution in [3.05, 3.63) is 95.3 Å². The first-order valence-electron chi connectivity index (χ1n) is 13.0. The Bertz CT molecular complexity index is 1150. The number of aryl methyl sites for hydroxylation is 1. The molecule has 3 aromatic carbocycles. The Balaban J connectivity index is 1.46. The molecule has 0 spiro atoms. The van der Waals surface area contributed by atoms with Crippen molar-refractivity contribution in [3.63, 3.8) is 0 Å². The fourth-order valence-electron chi connectivity index (χ4n) is 5.41. The van der Waals surface area contributed by atoms with Gasteiger partial charge in [0.25, 0.3) is 0 Å². The number of halogens is 3. The maximum Gasteiger partial charge on any atom is 0.166 e. The lowest BCUT2D eigenvalue weighted by Gasteiger charge is -2.28. The average Bonchev–Trinajstić information content (AvgIpc) is 2.88. The SMILES string of the molecule is CC=CCCC1CCC(c2ccc(-c3ccc(-c4ccc(CCC)c(F)c4F)cc3)c(F)c2)CC1. The molecule has 0 aromatic heterocycles. The average molecular weight is 477 g/mol. The van der Waals surface area contributed by atoms with Crippen molar-refractivity contribution in [1.29, 1.82) is 0 Å². The molecular weight excluding hydrogens is 441 g/mol. The molecule has 0 amide bonds. The predicted molar refractivity (Wildman–Crippen MR) is 140 cm³/mol. The highest BCUT2D eigenvalue weighted by atomic mass is 19.2. The molecule has 0 unspecified atom stereocenters. The summed E-state index contributed by atoms with van der Waals surface area (Å²) in [5.74, 6) is -0.622. The van der Waals surface area contributed by atoms with Gasteiger partial charge in [0.2, 0.25) is 0 Å². The zero-order chi connectivity index (χ0) is 24.8. The molecule has 0 radical (unpaired) electrons. The molecule has 1 fully saturated rings. The molecule has 4 rings (SSSR count). The van der Waals surface area contributed by atoms with E-state index in [2.05, 4.69) is 25.1 Å². The van der Waals surface area contributed by atoms with E-state index in [1.54, 1.807) is 42.5 Å². The highest BCUT2D eigenvalue weighted by Crippen LogP contribution is 2.39. The van der Waals surface area contributed by atoms with E-state index in [9.17, 15) is 8.78 Å². The number of allylic oxidation sites excluding steroid dienone is 2. The van der Waals surface area contributed by atoms with Crippen LogP contribution in [0.5, 0.6) is 0 Å². The van der Waals surface area contributed by atoms with Crippen molar-refractivity contribution in [3.8, 4) is 22.3 Å². The van der Waals surface area contributed by atoms with Crippen LogP contribution in [0.3, 0.4) is 0 Å². The third kappa shape index (κ3) is 5.89. The molecule has 0 saturated heterocycles. The summed E-state index contributed by atoms with van der Waals surface area (Å²) < 4.78 is 44.1. The van der Waals surface area contributed by atoms with Crippen molar-refractivity contribution in [1.82, 2.24) is 0 Å². The Hall–Kier alpha value is -2.81. The molecule has 184 valence electrons. The second-order valence-electron chi connectivity index (χ2n) is 9.83. The lowest BCUT2D eigenvalue weighted by molar-refractivity contribution is 0.311. The van der Waals surface area contributed by atoms with Gasteiger partial charge in [0, 0.05) is 11.1 Å². The van der Waals surface area contributed by atoms with E-state index >= 15 is 4.39 Å². The molecule has 0 nitrogen and oxygen atoms in total. The summed E-state index contributed by atoms with van der Waals surface area (Å²) in [5.41, 5.74) is 3.55. The lowest BCUT2D eigenvalue weighted by Crippen LogP contribution is -2.13. The zero-order valence-corrected chi connectivity index (χ0v) is 20.8. The normalized spacial score (nSPS) is 18.3. The van der Waals surface area contributed by atoms with Gasteiger partial charge < -0.3 is 0 Å². The van der Waals surface area contributed by atoms with Crippen LogP contribution < -0.4 is 0 Å². The first-order valence-corrected chi connectivity index (χ1v) is 13.0. The fourth-order valence-corrected chi connectivity index (χ4v) is 5.41. The lowest BCUT2D eigenvalue weighted by atomic mass is 9.77. The van der Waals surface area contributed by atoms with Gasteiger partial charge in [-0.2, -0.15) is 0 Å². The maximum atomic E-state index is 15.1. The number of benzene rings is 3. The van der Waals surface area contributed by atoms with Crippen LogP contribution in [0.4, 0.5) is 13.2 Å². The van der Waals surface area contributed by atoms with Crippen molar-refractivity contribution >= 4 is 0 Å². The zero-order valence-electron chi connectivity index (χ0n) is 20.8. The predicted octanol–water partition coefficient (Wildman–Crippen LogP) is 10.0. The van der Waals surface area contributed by atoms with Gasteiger partial charge in [-0.25, -0.2) is 13.2 Å². The van der Waals surface area contributed by atoms with Gasteiger partial charge in [0.05, 0.1) is 0 Å². The molecule has 35 heavy (non-hydrogen) atoms. The van der Waals surface area contributed by atoms with E-state index in [0.717, 1.165) is 42.7 Å². The van der Waals surface area contributed by atoms with Crippen LogP contribution in [-0.4, -0.2) is 0 Å². The van der Waals surface area contributed by atoms with Crippen LogP contribution >= 0.6 is 0 Å². The van der Waals surface area contributed by atoms with Gasteiger partial charge >= 0.3 is 0 Å². The standard InChI is InChI=1S/C32H35F3/c1-3-5-6-8-22-9-11-23(12-10-22)27-18-19-28(30(33)21-27)24-13-15-25(16-14-24)29-20-17-26(7-4-2)31(34)32(29)35/h3,5,13-23H,4,6-12H2,1-2H3. The first-order chi connectivity index (χ1) is 17.0. The van der Waals surface area contributed by atoms with Crippen LogP contribution in [0.2, 0.25) is 0 Å². The Morgan fingerprint density at radius 1 is 0.800 bits per heavy atom. The molecule has 3 aromatic rings. The summed E-state index contributed by atoms with van der Waals surface area (Å²) in [7, 11) is 0. The number of hydrogen-bond acceptors (Lipinski definition) is 0. The minimum absolute atomic E-state index is 0.228. The smallest absolute Gasteiger partial charge is 0.166 e. The Morgan fingerprint density at radius 2 is 1.46 bits per heavy atom. The molecule has 3 heteroatoms. The van der Waals surface area contributed by atoms with Gasteiger partial charge in [-0.05, 0) is 92.0 Å². The van der Waals surface area contributed by atoms with Crippen LogP contribution in [0, 0.1) is 23.4 Å².